The van der Waals surface area contributed by atoms with Crippen molar-refractivity contribution in [2.75, 3.05) is 12.8 Å². The van der Waals surface area contributed by atoms with E-state index in [1.54, 1.807) is 0 Å². The van der Waals surface area contributed by atoms with E-state index in [0.29, 0.717) is 13.0 Å². The van der Waals surface area contributed by atoms with Crippen LogP contribution in [0.15, 0.2) is 0 Å². The van der Waals surface area contributed by atoms with Crippen LogP contribution in [0.3, 0.4) is 0 Å². The molecule has 0 bridgehead atoms. The van der Waals surface area contributed by atoms with E-state index in [2.05, 4.69) is 6.92 Å². The largest absolute Gasteiger partial charge is 0.328 e. The number of rotatable bonds is 7. The van der Waals surface area contributed by atoms with Crippen LogP contribution >= 0.6 is 7.60 Å². The molecular weight excluding hydrogens is 202 g/mol. The first-order valence-electron chi connectivity index (χ1n) is 4.58. The fraction of sp³-hybridized carbons (Fsp3) is 1.00. The fourth-order valence-corrected chi connectivity index (χ4v) is 2.02. The molecule has 0 amide bonds. The Kier molecular flexibility index (Phi) is 11.5. The van der Waals surface area contributed by atoms with Gasteiger partial charge in [0.2, 0.25) is 0 Å². The van der Waals surface area contributed by atoms with Gasteiger partial charge in [-0.15, -0.1) is 0 Å². The van der Waals surface area contributed by atoms with Crippen molar-refractivity contribution < 1.29 is 14.0 Å². The van der Waals surface area contributed by atoms with E-state index in [4.69, 9.17) is 9.42 Å². The Morgan fingerprint density at radius 3 is 2.31 bits per heavy atom. The van der Waals surface area contributed by atoms with Gasteiger partial charge in [-0.3, -0.25) is 4.57 Å². The van der Waals surface area contributed by atoms with Gasteiger partial charge in [-0.25, -0.2) is 0 Å². The Morgan fingerprint density at radius 2 is 1.85 bits per heavy atom. The Bertz CT molecular complexity index is 152. The van der Waals surface area contributed by atoms with Crippen LogP contribution in [0.5, 0.6) is 0 Å². The van der Waals surface area contributed by atoms with Crippen molar-refractivity contribution in [3.05, 3.63) is 0 Å². The first kappa shape index (κ1) is 16.1. The Balaban J connectivity index is 0. The van der Waals surface area contributed by atoms with Crippen LogP contribution in [0.4, 0.5) is 0 Å². The van der Waals surface area contributed by atoms with Gasteiger partial charge >= 0.3 is 7.60 Å². The maximum atomic E-state index is 11.1. The molecule has 0 aliphatic heterocycles. The minimum Gasteiger partial charge on any atom is -0.324 e. The van der Waals surface area contributed by atoms with E-state index in [9.17, 15) is 4.57 Å². The Morgan fingerprint density at radius 1 is 1.23 bits per heavy atom. The molecule has 0 fully saturated rings. The highest BCUT2D eigenvalue weighted by Crippen LogP contribution is 2.42. The number of hydrogen-bond donors (Lipinski definition) is 1. The lowest BCUT2D eigenvalue weighted by atomic mass is 10.3. The molecule has 5 heteroatoms. The predicted octanol–water partition coefficient (Wildman–Crippen LogP) is 1.60. The molecule has 0 aromatic heterocycles. The Labute approximate surface area is 91.5 Å². The molecule has 1 unspecified atom stereocenters. The molecule has 0 radical (unpaired) electrons. The van der Waals surface area contributed by atoms with Gasteiger partial charge in [0.25, 0.3) is 0 Å². The van der Waals surface area contributed by atoms with Crippen LogP contribution in [0.2, 0.25) is 0 Å². The van der Waals surface area contributed by atoms with Gasteiger partial charge in [-0.05, 0) is 12.8 Å². The van der Waals surface area contributed by atoms with Gasteiger partial charge in [0, 0.05) is 6.16 Å². The second-order valence-corrected chi connectivity index (χ2v) is 4.88. The predicted molar refractivity (Wildman–Crippen MR) is 60.4 cm³/mol. The van der Waals surface area contributed by atoms with Crippen LogP contribution in [0.1, 0.15) is 39.5 Å². The topological polar surface area (TPSA) is 46.5 Å². The average molecular weight is 224 g/mol. The number of unbranched alkanes of at least 4 members (excludes halogenated alkanes) is 2. The summed E-state index contributed by atoms with van der Waals surface area (Å²) in [6.45, 7) is 4.38. The van der Waals surface area contributed by atoms with Crippen molar-refractivity contribution in [1.82, 2.24) is 0 Å². The van der Waals surface area contributed by atoms with Crippen molar-refractivity contribution in [3.8, 4) is 0 Å². The lowest BCUT2D eigenvalue weighted by molar-refractivity contribution is 0.253. The number of hydrogen-bond acceptors (Lipinski definition) is 2. The quantitative estimate of drug-likeness (QED) is 0.406. The van der Waals surface area contributed by atoms with Crippen LogP contribution < -0.4 is 0 Å². The summed E-state index contributed by atoms with van der Waals surface area (Å²) in [5, 5.41) is 0. The van der Waals surface area contributed by atoms with E-state index >= 15 is 0 Å². The summed E-state index contributed by atoms with van der Waals surface area (Å²) in [6.07, 6.45) is 4.02. The minimum absolute atomic E-state index is 0. The lowest BCUT2D eigenvalue weighted by Crippen LogP contribution is -1.96. The first-order chi connectivity index (χ1) is 5.62. The minimum atomic E-state index is -3.23. The summed E-state index contributed by atoms with van der Waals surface area (Å²) in [7, 11) is -3.23. The van der Waals surface area contributed by atoms with Gasteiger partial charge < -0.3 is 9.42 Å². The zero-order valence-corrected chi connectivity index (χ0v) is 8.85. The fourth-order valence-electron chi connectivity index (χ4n) is 0.906. The highest BCUT2D eigenvalue weighted by atomic mass is 31.2. The third-order valence-electron chi connectivity index (χ3n) is 1.55. The molecule has 13 heavy (non-hydrogen) atoms. The van der Waals surface area contributed by atoms with Gasteiger partial charge in [0.05, 0.1) is 6.61 Å². The second kappa shape index (κ2) is 9.25. The van der Waals surface area contributed by atoms with E-state index in [1.165, 1.54) is 0 Å². The normalized spacial score (nSPS) is 14.7. The summed E-state index contributed by atoms with van der Waals surface area (Å²) in [5.74, 6) is 0. The van der Waals surface area contributed by atoms with Crippen LogP contribution in [0, 0.1) is 0 Å². The van der Waals surface area contributed by atoms with Crippen LogP contribution in [-0.4, -0.2) is 35.0 Å². The molecule has 0 aliphatic carbocycles. The SMILES string of the molecule is CCCCCOP(=O)(O)CCC.[AlH3]. The van der Waals surface area contributed by atoms with Crippen LogP contribution in [0.25, 0.3) is 0 Å². The summed E-state index contributed by atoms with van der Waals surface area (Å²) in [4.78, 5) is 9.15. The van der Waals surface area contributed by atoms with Crippen molar-refractivity contribution in [2.45, 2.75) is 39.5 Å². The maximum Gasteiger partial charge on any atom is 0.328 e. The third kappa shape index (κ3) is 10.6. The molecule has 3 nitrogen and oxygen atoms in total. The molecule has 0 aliphatic rings. The zero-order valence-electron chi connectivity index (χ0n) is 7.95. The van der Waals surface area contributed by atoms with Gasteiger partial charge in [-0.2, -0.15) is 0 Å². The third-order valence-corrected chi connectivity index (χ3v) is 3.15. The summed E-state index contributed by atoms with van der Waals surface area (Å²) < 4.78 is 16.0. The molecule has 0 heterocycles. The zero-order chi connectivity index (χ0) is 9.45. The second-order valence-electron chi connectivity index (χ2n) is 2.90. The van der Waals surface area contributed by atoms with Crippen molar-refractivity contribution in [2.24, 2.45) is 0 Å². The molecule has 0 saturated heterocycles. The maximum absolute atomic E-state index is 11.1. The van der Waals surface area contributed by atoms with Gasteiger partial charge in [0.1, 0.15) is 0 Å². The summed E-state index contributed by atoms with van der Waals surface area (Å²) >= 11 is 0. The lowest BCUT2D eigenvalue weighted by Gasteiger charge is -2.10. The average Bonchev–Trinajstić information content (AvgIpc) is 1.98. The molecule has 80 valence electrons. The highest BCUT2D eigenvalue weighted by Gasteiger charge is 2.16. The monoisotopic (exact) mass is 224 g/mol. The molecule has 0 aromatic rings. The van der Waals surface area contributed by atoms with E-state index in [-0.39, 0.29) is 23.5 Å². The summed E-state index contributed by atoms with van der Waals surface area (Å²) in [5.41, 5.74) is 0. The van der Waals surface area contributed by atoms with E-state index < -0.39 is 7.60 Å². The van der Waals surface area contributed by atoms with Crippen LogP contribution in [-0.2, 0) is 9.09 Å². The van der Waals surface area contributed by atoms with Crippen molar-refractivity contribution >= 4 is 25.0 Å². The summed E-state index contributed by atoms with van der Waals surface area (Å²) in [6, 6.07) is 0. The molecular formula is C8H22AlO3P. The van der Waals surface area contributed by atoms with Crippen molar-refractivity contribution in [1.29, 1.82) is 0 Å². The first-order valence-corrected chi connectivity index (χ1v) is 6.35. The van der Waals surface area contributed by atoms with Crippen molar-refractivity contribution in [3.63, 3.8) is 0 Å². The molecule has 0 saturated carbocycles. The molecule has 0 aromatic carbocycles. The van der Waals surface area contributed by atoms with Gasteiger partial charge in [0.15, 0.2) is 17.4 Å². The van der Waals surface area contributed by atoms with E-state index in [1.807, 2.05) is 6.92 Å². The molecule has 1 N–H and O–H groups in total. The molecule has 0 rings (SSSR count). The smallest absolute Gasteiger partial charge is 0.324 e. The standard InChI is InChI=1S/C8H19O3P.Al.3H/c1-3-5-6-7-11-12(9,10)8-4-2;;;;/h3-8H2,1-2H3,(H,9,10);;;;. The van der Waals surface area contributed by atoms with Gasteiger partial charge in [-0.1, -0.05) is 26.7 Å². The molecule has 0 spiro atoms. The molecule has 1 atom stereocenters. The highest BCUT2D eigenvalue weighted by molar-refractivity contribution is 7.52. The Hall–Kier alpha value is 0.682. The van der Waals surface area contributed by atoms with E-state index in [0.717, 1.165) is 19.3 Å².